The van der Waals surface area contributed by atoms with Crippen LogP contribution in [0.1, 0.15) is 78.1 Å². The number of nitrogens with zero attached hydrogens (tertiary/aromatic N) is 6. The summed E-state index contributed by atoms with van der Waals surface area (Å²) in [5.41, 5.74) is 10.2. The minimum Gasteiger partial charge on any atom is -0.457 e. The van der Waals surface area contributed by atoms with E-state index in [4.69, 9.17) is 15.6 Å². The van der Waals surface area contributed by atoms with E-state index in [1.165, 1.54) is 6.33 Å². The Morgan fingerprint density at radius 3 is 2.39 bits per heavy atom. The fraction of sp³-hybridized carbons (Fsp3) is 0.357. The Morgan fingerprint density at radius 1 is 0.839 bits per heavy atom. The molecular weight excluding hydrogens is 711 g/mol. The van der Waals surface area contributed by atoms with Gasteiger partial charge >= 0.3 is 0 Å². The van der Waals surface area contributed by atoms with E-state index in [1.807, 2.05) is 60.7 Å². The zero-order valence-electron chi connectivity index (χ0n) is 30.9. The molecule has 3 aliphatic heterocycles. The number of nitrogens with two attached hydrogens (primary N) is 1. The van der Waals surface area contributed by atoms with Crippen molar-refractivity contribution in [2.24, 2.45) is 5.92 Å². The number of hydrogen-bond acceptors (Lipinski definition) is 11. The topological polar surface area (TPSA) is 178 Å². The Kier molecular flexibility index (Phi) is 9.41. The zero-order valence-corrected chi connectivity index (χ0v) is 30.9. The van der Waals surface area contributed by atoms with Gasteiger partial charge in [0.25, 0.3) is 11.8 Å². The molecule has 56 heavy (non-hydrogen) atoms. The average Bonchev–Trinajstić information content (AvgIpc) is 3.71. The average molecular weight is 754 g/mol. The van der Waals surface area contributed by atoms with Gasteiger partial charge in [-0.2, -0.15) is 5.10 Å². The van der Waals surface area contributed by atoms with Crippen molar-refractivity contribution in [1.29, 1.82) is 0 Å². The molecule has 3 aromatic carbocycles. The van der Waals surface area contributed by atoms with E-state index in [2.05, 4.69) is 30.2 Å². The monoisotopic (exact) mass is 753 g/mol. The van der Waals surface area contributed by atoms with Gasteiger partial charge < -0.3 is 20.7 Å². The maximum atomic E-state index is 13.4. The lowest BCUT2D eigenvalue weighted by atomic mass is 9.85. The Hall–Kier alpha value is -6.15. The third kappa shape index (κ3) is 6.85. The van der Waals surface area contributed by atoms with Crippen LogP contribution in [0.3, 0.4) is 0 Å². The maximum Gasteiger partial charge on any atom is 0.262 e. The normalized spacial score (nSPS) is 23.0. The highest BCUT2D eigenvalue weighted by molar-refractivity contribution is 6.23. The number of ether oxygens (including phenoxy) is 1. The lowest BCUT2D eigenvalue weighted by Gasteiger charge is -2.37. The van der Waals surface area contributed by atoms with Crippen molar-refractivity contribution >= 4 is 46.2 Å². The van der Waals surface area contributed by atoms with Crippen LogP contribution >= 0.6 is 0 Å². The summed E-state index contributed by atoms with van der Waals surface area (Å²) in [7, 11) is 0. The molecule has 286 valence electrons. The van der Waals surface area contributed by atoms with Crippen LogP contribution in [0.25, 0.3) is 22.3 Å². The van der Waals surface area contributed by atoms with Crippen LogP contribution < -0.4 is 21.1 Å². The number of rotatable bonds is 9. The molecule has 4 N–H and O–H groups in total. The fourth-order valence-electron chi connectivity index (χ4n) is 8.83. The number of nitrogen functional groups attached to an aromatic ring is 1. The molecule has 3 fully saturated rings. The van der Waals surface area contributed by atoms with Crippen molar-refractivity contribution in [2.45, 2.75) is 69.5 Å². The fourth-order valence-corrected chi connectivity index (χ4v) is 8.83. The molecule has 9 rings (SSSR count). The molecule has 2 atom stereocenters. The molecule has 1 aliphatic carbocycles. The van der Waals surface area contributed by atoms with Crippen LogP contribution in [-0.2, 0) is 9.59 Å². The largest absolute Gasteiger partial charge is 0.457 e. The molecule has 0 radical (unpaired) electrons. The Labute approximate surface area is 323 Å². The Morgan fingerprint density at radius 2 is 1.61 bits per heavy atom. The Bertz CT molecular complexity index is 2320. The molecule has 2 aromatic heterocycles. The van der Waals surface area contributed by atoms with E-state index >= 15 is 0 Å². The van der Waals surface area contributed by atoms with Crippen molar-refractivity contribution in [1.82, 2.24) is 34.9 Å². The lowest BCUT2D eigenvalue weighted by molar-refractivity contribution is -0.136. The van der Waals surface area contributed by atoms with Crippen LogP contribution in [0, 0.1) is 5.92 Å². The number of likely N-dealkylation sites (tertiary alicyclic amines) is 1. The van der Waals surface area contributed by atoms with E-state index in [-0.39, 0.29) is 36.1 Å². The summed E-state index contributed by atoms with van der Waals surface area (Å²) in [5.74, 6) is 0.487. The summed E-state index contributed by atoms with van der Waals surface area (Å²) < 4.78 is 8.07. The lowest BCUT2D eigenvalue weighted by Crippen LogP contribution is -2.54. The number of amides is 4. The first kappa shape index (κ1) is 35.5. The maximum absolute atomic E-state index is 13.4. The standard InChI is InChI=1S/C42H43N9O5/c43-38-36-37(26-10-15-31(16-11-26)56-30-6-2-1-3-7-30)48-51(39(36)45-24-44-38)29-13-8-25(9-14-29)22-49-20-4-5-28(23-49)46-27-12-17-32-33(21-27)42(55)50(41(32)54)34-18-19-35(52)47-40(34)53/h1-3,6-7,10-12,15-17,21,24-25,28-29,34,46H,4-5,8-9,13-14,18-20,22-23H2,(H2,43,44,45)(H,47,52,53)/t25?,28-,29?,34?/m0/s1. The second kappa shape index (κ2) is 14.8. The molecule has 5 aromatic rings. The van der Waals surface area contributed by atoms with Crippen molar-refractivity contribution < 1.29 is 23.9 Å². The van der Waals surface area contributed by atoms with Gasteiger partial charge in [-0.05, 0) is 112 Å². The summed E-state index contributed by atoms with van der Waals surface area (Å²) in [6.07, 6.45) is 7.92. The molecule has 14 nitrogen and oxygen atoms in total. The third-order valence-corrected chi connectivity index (χ3v) is 11.6. The smallest absolute Gasteiger partial charge is 0.262 e. The van der Waals surface area contributed by atoms with Gasteiger partial charge in [0.15, 0.2) is 5.65 Å². The summed E-state index contributed by atoms with van der Waals surface area (Å²) in [5, 5.41) is 11.7. The second-order valence-corrected chi connectivity index (χ2v) is 15.3. The summed E-state index contributed by atoms with van der Waals surface area (Å²) >= 11 is 0. The number of nitrogens with one attached hydrogen (secondary N) is 2. The van der Waals surface area contributed by atoms with Gasteiger partial charge in [-0.15, -0.1) is 0 Å². The van der Waals surface area contributed by atoms with Crippen LogP contribution in [0.15, 0.2) is 79.1 Å². The highest BCUT2D eigenvalue weighted by Gasteiger charge is 2.44. The third-order valence-electron chi connectivity index (χ3n) is 11.6. The van der Waals surface area contributed by atoms with Gasteiger partial charge in [0, 0.05) is 36.8 Å². The van der Waals surface area contributed by atoms with E-state index in [9.17, 15) is 19.2 Å². The first-order chi connectivity index (χ1) is 27.3. The van der Waals surface area contributed by atoms with Crippen molar-refractivity contribution in [3.05, 3.63) is 90.3 Å². The van der Waals surface area contributed by atoms with Gasteiger partial charge in [0.05, 0.1) is 22.6 Å². The van der Waals surface area contributed by atoms with E-state index in [0.717, 1.165) is 103 Å². The number of piperidine rings is 2. The molecule has 4 amide bonds. The quantitative estimate of drug-likeness (QED) is 0.160. The predicted octanol–water partition coefficient (Wildman–Crippen LogP) is 5.58. The van der Waals surface area contributed by atoms with Crippen molar-refractivity contribution in [3.63, 3.8) is 0 Å². The molecule has 2 saturated heterocycles. The molecule has 5 heterocycles. The minimum absolute atomic E-state index is 0.0894. The highest BCUT2D eigenvalue weighted by atomic mass is 16.5. The minimum atomic E-state index is -0.979. The SMILES string of the molecule is Nc1ncnc2c1c(-c1ccc(Oc3ccccc3)cc1)nn2C1CCC(CN2CCC[C@H](Nc3ccc4c(c3)C(=O)N(C3CCC(=O)NC3=O)C4=O)C2)CC1. The van der Waals surface area contributed by atoms with Gasteiger partial charge in [-0.1, -0.05) is 18.2 Å². The zero-order chi connectivity index (χ0) is 38.3. The number of hydrogen-bond donors (Lipinski definition) is 3. The summed E-state index contributed by atoms with van der Waals surface area (Å²) in [6.45, 7) is 2.93. The van der Waals surface area contributed by atoms with Crippen LogP contribution in [0.5, 0.6) is 11.5 Å². The highest BCUT2D eigenvalue weighted by Crippen LogP contribution is 2.39. The number of imide groups is 2. The van der Waals surface area contributed by atoms with Crippen LogP contribution in [-0.4, -0.2) is 84.9 Å². The Balaban J connectivity index is 0.819. The molecule has 4 aliphatic rings. The first-order valence-corrected chi connectivity index (χ1v) is 19.5. The first-order valence-electron chi connectivity index (χ1n) is 19.5. The second-order valence-electron chi connectivity index (χ2n) is 15.3. The number of anilines is 2. The van der Waals surface area contributed by atoms with E-state index in [0.29, 0.717) is 11.7 Å². The van der Waals surface area contributed by atoms with Gasteiger partial charge in [0.1, 0.15) is 35.4 Å². The van der Waals surface area contributed by atoms with Crippen LogP contribution in [0.2, 0.25) is 0 Å². The van der Waals surface area contributed by atoms with E-state index < -0.39 is 29.7 Å². The van der Waals surface area contributed by atoms with Gasteiger partial charge in [-0.3, -0.25) is 29.4 Å². The van der Waals surface area contributed by atoms with Crippen molar-refractivity contribution in [3.8, 4) is 22.8 Å². The van der Waals surface area contributed by atoms with Crippen LogP contribution in [0.4, 0.5) is 11.5 Å². The summed E-state index contributed by atoms with van der Waals surface area (Å²) in [4.78, 5) is 63.1. The number of para-hydroxylation sites is 1. The number of fused-ring (bicyclic) bond motifs is 2. The molecule has 1 unspecified atom stereocenters. The predicted molar refractivity (Wildman–Crippen MR) is 209 cm³/mol. The molecule has 0 spiro atoms. The van der Waals surface area contributed by atoms with E-state index in [1.54, 1.807) is 12.1 Å². The molecule has 0 bridgehead atoms. The van der Waals surface area contributed by atoms with Gasteiger partial charge in [-0.25, -0.2) is 14.6 Å². The van der Waals surface area contributed by atoms with Crippen molar-refractivity contribution in [2.75, 3.05) is 30.7 Å². The molecule has 14 heteroatoms. The summed E-state index contributed by atoms with van der Waals surface area (Å²) in [6, 6.07) is 22.2. The number of carbonyl (C=O) groups excluding carboxylic acids is 4. The molecular formula is C42H43N9O5. The molecule has 1 saturated carbocycles. The number of carbonyl (C=O) groups is 4. The van der Waals surface area contributed by atoms with Gasteiger partial charge in [0.2, 0.25) is 11.8 Å². The number of benzene rings is 3. The number of aromatic nitrogens is 4.